The first-order valence-electron chi connectivity index (χ1n) is 9.12. The van der Waals surface area contributed by atoms with E-state index in [9.17, 15) is 13.2 Å². The Morgan fingerprint density at radius 2 is 1.76 bits per heavy atom. The number of nitrogens with zero attached hydrogens (tertiary/aromatic N) is 4. The van der Waals surface area contributed by atoms with Crippen molar-refractivity contribution in [3.63, 3.8) is 0 Å². The van der Waals surface area contributed by atoms with Crippen LogP contribution < -0.4 is 4.90 Å². The van der Waals surface area contributed by atoms with Crippen molar-refractivity contribution in [2.24, 2.45) is 0 Å². The smallest absolute Gasteiger partial charge is 0.369 e. The van der Waals surface area contributed by atoms with E-state index < -0.39 is 11.7 Å². The van der Waals surface area contributed by atoms with E-state index >= 15 is 0 Å². The third-order valence-electron chi connectivity index (χ3n) is 4.96. The fourth-order valence-electron chi connectivity index (χ4n) is 3.42. The van der Waals surface area contributed by atoms with Crippen molar-refractivity contribution in [3.05, 3.63) is 64.8 Å². The zero-order chi connectivity index (χ0) is 20.4. The van der Waals surface area contributed by atoms with Gasteiger partial charge in [0, 0.05) is 49.0 Å². The second kappa shape index (κ2) is 8.30. The fourth-order valence-corrected chi connectivity index (χ4v) is 4.41. The Kier molecular flexibility index (Phi) is 5.76. The number of piperazine rings is 1. The minimum atomic E-state index is -4.33. The zero-order valence-electron chi connectivity index (χ0n) is 15.4. The van der Waals surface area contributed by atoms with E-state index in [2.05, 4.69) is 14.5 Å². The summed E-state index contributed by atoms with van der Waals surface area (Å²) in [5.74, 6) is 0. The molecular formula is C20H18ClF3N4S. The number of hydrogen-bond acceptors (Lipinski definition) is 5. The zero-order valence-corrected chi connectivity index (χ0v) is 16.9. The summed E-state index contributed by atoms with van der Waals surface area (Å²) in [6.07, 6.45) is -4.33. The summed E-state index contributed by atoms with van der Waals surface area (Å²) < 4.78 is 43.0. The van der Waals surface area contributed by atoms with Crippen LogP contribution in [-0.2, 0) is 12.7 Å². The van der Waals surface area contributed by atoms with Crippen LogP contribution in [0.4, 0.5) is 18.9 Å². The second-order valence-electron chi connectivity index (χ2n) is 6.84. The predicted octanol–water partition coefficient (Wildman–Crippen LogP) is 5.20. The van der Waals surface area contributed by atoms with Gasteiger partial charge in [0.15, 0.2) is 0 Å². The highest BCUT2D eigenvalue weighted by molar-refractivity contribution is 7.09. The lowest BCUT2D eigenvalue weighted by Crippen LogP contribution is -2.46. The molecule has 152 valence electrons. The second-order valence-corrected chi connectivity index (χ2v) is 8.00. The van der Waals surface area contributed by atoms with Gasteiger partial charge in [0.1, 0.15) is 0 Å². The molecule has 1 fully saturated rings. The van der Waals surface area contributed by atoms with Gasteiger partial charge in [0.05, 0.1) is 16.1 Å². The van der Waals surface area contributed by atoms with E-state index in [1.807, 2.05) is 29.2 Å². The molecule has 0 unspecified atom stereocenters. The third kappa shape index (κ3) is 4.55. The first-order valence-corrected chi connectivity index (χ1v) is 10.3. The maximum absolute atomic E-state index is 13.0. The number of alkyl halides is 3. The third-order valence-corrected chi connectivity index (χ3v) is 6.09. The molecule has 4 nitrogen and oxygen atoms in total. The molecule has 1 aromatic heterocycles. The quantitative estimate of drug-likeness (QED) is 0.560. The summed E-state index contributed by atoms with van der Waals surface area (Å²) in [6.45, 7) is 3.40. The highest BCUT2D eigenvalue weighted by atomic mass is 35.5. The molecule has 1 aliphatic rings. The van der Waals surface area contributed by atoms with E-state index in [0.717, 1.165) is 35.3 Å². The monoisotopic (exact) mass is 438 g/mol. The van der Waals surface area contributed by atoms with Crippen molar-refractivity contribution in [1.82, 2.24) is 14.5 Å². The van der Waals surface area contributed by atoms with Crippen LogP contribution in [0, 0.1) is 0 Å². The van der Waals surface area contributed by atoms with Crippen molar-refractivity contribution >= 4 is 28.8 Å². The summed E-state index contributed by atoms with van der Waals surface area (Å²) in [5, 5.41) is 4.93. The number of hydrogen-bond donors (Lipinski definition) is 0. The topological polar surface area (TPSA) is 32.3 Å². The Morgan fingerprint density at radius 1 is 1.00 bits per heavy atom. The van der Waals surface area contributed by atoms with Crippen LogP contribution in [0.5, 0.6) is 0 Å². The minimum Gasteiger partial charge on any atom is -0.369 e. The summed E-state index contributed by atoms with van der Waals surface area (Å²) >= 11 is 7.63. The molecule has 0 saturated carbocycles. The van der Waals surface area contributed by atoms with Gasteiger partial charge in [-0.05, 0) is 35.8 Å². The van der Waals surface area contributed by atoms with E-state index in [1.165, 1.54) is 23.7 Å². The van der Waals surface area contributed by atoms with Crippen LogP contribution in [0.25, 0.3) is 10.4 Å². The first-order chi connectivity index (χ1) is 13.9. The number of aromatic nitrogens is 2. The molecule has 9 heteroatoms. The van der Waals surface area contributed by atoms with E-state index in [4.69, 9.17) is 11.6 Å². The van der Waals surface area contributed by atoms with Gasteiger partial charge in [0.25, 0.3) is 0 Å². The van der Waals surface area contributed by atoms with Gasteiger partial charge in [-0.15, -0.1) is 5.10 Å². The molecule has 29 heavy (non-hydrogen) atoms. The largest absolute Gasteiger partial charge is 0.416 e. The first kappa shape index (κ1) is 20.1. The Labute approximate surface area is 175 Å². The maximum atomic E-state index is 13.0. The molecule has 0 bridgehead atoms. The molecule has 0 aliphatic carbocycles. The highest BCUT2D eigenvalue weighted by Gasteiger charge is 2.31. The molecule has 0 atom stereocenters. The van der Waals surface area contributed by atoms with Crippen molar-refractivity contribution in [1.29, 1.82) is 0 Å². The predicted molar refractivity (Wildman–Crippen MR) is 109 cm³/mol. The van der Waals surface area contributed by atoms with Crippen LogP contribution in [0.3, 0.4) is 0 Å². The average molecular weight is 439 g/mol. The van der Waals surface area contributed by atoms with Crippen molar-refractivity contribution in [3.8, 4) is 10.4 Å². The lowest BCUT2D eigenvalue weighted by atomic mass is 10.1. The summed E-state index contributed by atoms with van der Waals surface area (Å²) in [6, 6.07) is 13.1. The normalized spacial score (nSPS) is 15.7. The molecule has 0 N–H and O–H groups in total. The highest BCUT2D eigenvalue weighted by Crippen LogP contribution is 2.34. The van der Waals surface area contributed by atoms with Crippen molar-refractivity contribution in [2.45, 2.75) is 12.7 Å². The lowest BCUT2D eigenvalue weighted by Gasteiger charge is -2.36. The maximum Gasteiger partial charge on any atom is 0.416 e. The molecular weight excluding hydrogens is 421 g/mol. The van der Waals surface area contributed by atoms with Crippen molar-refractivity contribution < 1.29 is 13.2 Å². The van der Waals surface area contributed by atoms with Gasteiger partial charge >= 0.3 is 6.18 Å². The van der Waals surface area contributed by atoms with Gasteiger partial charge in [-0.2, -0.15) is 13.2 Å². The molecule has 2 heterocycles. The Balaban J connectivity index is 1.42. The number of rotatable bonds is 4. The van der Waals surface area contributed by atoms with Crippen LogP contribution in [0.2, 0.25) is 5.02 Å². The summed E-state index contributed by atoms with van der Waals surface area (Å²) in [5.41, 5.74) is 1.78. The molecule has 0 spiro atoms. The van der Waals surface area contributed by atoms with Gasteiger partial charge in [-0.25, -0.2) is 0 Å². The summed E-state index contributed by atoms with van der Waals surface area (Å²) in [7, 11) is 0. The molecule has 2 aromatic carbocycles. The minimum absolute atomic E-state index is 0.603. The molecule has 4 rings (SSSR count). The van der Waals surface area contributed by atoms with Gasteiger partial charge in [-0.1, -0.05) is 40.4 Å². The Hall–Kier alpha value is -2.16. The fraction of sp³-hybridized carbons (Fsp3) is 0.300. The lowest BCUT2D eigenvalue weighted by molar-refractivity contribution is -0.137. The number of halogens is 4. The van der Waals surface area contributed by atoms with Crippen LogP contribution in [-0.4, -0.2) is 40.7 Å². The summed E-state index contributed by atoms with van der Waals surface area (Å²) in [4.78, 5) is 5.18. The van der Waals surface area contributed by atoms with Crippen LogP contribution >= 0.6 is 23.1 Å². The Morgan fingerprint density at radius 3 is 2.48 bits per heavy atom. The van der Waals surface area contributed by atoms with Crippen LogP contribution in [0.15, 0.2) is 48.5 Å². The molecule has 0 amide bonds. The molecule has 1 aliphatic heterocycles. The van der Waals surface area contributed by atoms with E-state index in [0.29, 0.717) is 30.3 Å². The molecule has 3 aromatic rings. The molecule has 0 radical (unpaired) electrons. The Bertz CT molecular complexity index is 984. The van der Waals surface area contributed by atoms with Gasteiger partial charge < -0.3 is 4.90 Å². The SMILES string of the molecule is FC(F)(F)c1cccc(N2CCN(Cc3nnsc3-c3ccccc3Cl)CC2)c1. The average Bonchev–Trinajstić information content (AvgIpc) is 3.16. The number of benzene rings is 2. The standard InChI is InChI=1S/C20H18ClF3N4S/c21-17-7-2-1-6-16(17)19-18(25-26-29-19)13-27-8-10-28(11-9-27)15-5-3-4-14(12-15)20(22,23)24/h1-7,12H,8-11,13H2. The van der Waals surface area contributed by atoms with Crippen LogP contribution in [0.1, 0.15) is 11.3 Å². The van der Waals surface area contributed by atoms with E-state index in [1.54, 1.807) is 6.07 Å². The van der Waals surface area contributed by atoms with E-state index in [-0.39, 0.29) is 0 Å². The number of anilines is 1. The molecule has 1 saturated heterocycles. The van der Waals surface area contributed by atoms with Gasteiger partial charge in [-0.3, -0.25) is 4.90 Å². The van der Waals surface area contributed by atoms with Gasteiger partial charge in [0.2, 0.25) is 0 Å². The van der Waals surface area contributed by atoms with Crippen molar-refractivity contribution in [2.75, 3.05) is 31.1 Å².